The molecule has 1 aliphatic carbocycles. The van der Waals surface area contributed by atoms with Crippen LogP contribution in [-0.4, -0.2) is 52.9 Å². The number of fused-ring (bicyclic) bond motifs is 1. The average Bonchev–Trinajstić information content (AvgIpc) is 3.47. The summed E-state index contributed by atoms with van der Waals surface area (Å²) in [5.41, 5.74) is 0.0603. The number of amides is 1. The lowest BCUT2D eigenvalue weighted by Gasteiger charge is -2.30. The van der Waals surface area contributed by atoms with E-state index >= 15 is 0 Å². The highest BCUT2D eigenvalue weighted by molar-refractivity contribution is 6.03. The SMILES string of the molecule is CCOc1c(NC(=O)OC)ccc2c(-c3nc(N[C@H]4CCC5(CC5)NC4)ncc3C(F)(F)F)c[nH]c12. The number of methoxy groups -OCH3 is 1. The number of rotatable bonds is 6. The number of aromatic amines is 1. The van der Waals surface area contributed by atoms with Crippen molar-refractivity contribution in [2.24, 2.45) is 0 Å². The first-order valence-electron chi connectivity index (χ1n) is 11.8. The van der Waals surface area contributed by atoms with Crippen LogP contribution in [0.25, 0.3) is 22.2 Å². The first-order chi connectivity index (χ1) is 17.2. The minimum absolute atomic E-state index is 0.0280. The summed E-state index contributed by atoms with van der Waals surface area (Å²) in [6.45, 7) is 2.75. The zero-order valence-electron chi connectivity index (χ0n) is 19.9. The molecule has 12 heteroatoms. The predicted octanol–water partition coefficient (Wildman–Crippen LogP) is 4.92. The summed E-state index contributed by atoms with van der Waals surface area (Å²) in [4.78, 5) is 23.0. The fraction of sp³-hybridized carbons (Fsp3) is 0.458. The van der Waals surface area contributed by atoms with Gasteiger partial charge in [0, 0.05) is 41.5 Å². The molecular formula is C24H27F3N6O3. The molecule has 36 heavy (non-hydrogen) atoms. The molecule has 0 unspecified atom stereocenters. The van der Waals surface area contributed by atoms with Crippen LogP contribution in [0.3, 0.4) is 0 Å². The van der Waals surface area contributed by atoms with Crippen LogP contribution in [0.4, 0.5) is 29.6 Å². The molecule has 3 heterocycles. The van der Waals surface area contributed by atoms with Gasteiger partial charge in [0.15, 0.2) is 5.75 Å². The number of benzene rings is 1. The summed E-state index contributed by atoms with van der Waals surface area (Å²) < 4.78 is 52.2. The third kappa shape index (κ3) is 4.64. The summed E-state index contributed by atoms with van der Waals surface area (Å²) in [5.74, 6) is 0.426. The molecule has 1 spiro atoms. The second-order valence-electron chi connectivity index (χ2n) is 9.11. The molecule has 1 amide bonds. The average molecular weight is 505 g/mol. The smallest absolute Gasteiger partial charge is 0.419 e. The number of alkyl halides is 3. The number of carbonyl (C=O) groups excluding carboxylic acids is 1. The van der Waals surface area contributed by atoms with Crippen LogP contribution in [0.5, 0.6) is 5.75 Å². The molecule has 0 radical (unpaired) electrons. The number of aromatic nitrogens is 3. The maximum Gasteiger partial charge on any atom is 0.419 e. The highest BCUT2D eigenvalue weighted by Gasteiger charge is 2.45. The van der Waals surface area contributed by atoms with E-state index in [0.29, 0.717) is 23.1 Å². The van der Waals surface area contributed by atoms with Gasteiger partial charge in [-0.05, 0) is 44.7 Å². The van der Waals surface area contributed by atoms with Gasteiger partial charge in [0.25, 0.3) is 0 Å². The van der Waals surface area contributed by atoms with Crippen molar-refractivity contribution in [3.63, 3.8) is 0 Å². The Morgan fingerprint density at radius 2 is 2.08 bits per heavy atom. The second kappa shape index (κ2) is 9.16. The van der Waals surface area contributed by atoms with Gasteiger partial charge >= 0.3 is 12.3 Å². The molecule has 1 aliphatic heterocycles. The summed E-state index contributed by atoms with van der Waals surface area (Å²) in [6.07, 6.45) is 1.17. The van der Waals surface area contributed by atoms with E-state index in [9.17, 15) is 18.0 Å². The highest BCUT2D eigenvalue weighted by atomic mass is 19.4. The van der Waals surface area contributed by atoms with E-state index in [2.05, 4.69) is 35.6 Å². The lowest BCUT2D eigenvalue weighted by Crippen LogP contribution is -2.46. The van der Waals surface area contributed by atoms with Crippen molar-refractivity contribution in [3.05, 3.63) is 30.1 Å². The van der Waals surface area contributed by atoms with E-state index in [-0.39, 0.29) is 41.1 Å². The number of carbonyl (C=O) groups is 1. The van der Waals surface area contributed by atoms with Gasteiger partial charge in [-0.25, -0.2) is 14.8 Å². The second-order valence-corrected chi connectivity index (χ2v) is 9.11. The minimum atomic E-state index is -4.66. The molecule has 0 bridgehead atoms. The molecule has 4 N–H and O–H groups in total. The molecule has 192 valence electrons. The number of ether oxygens (including phenoxy) is 2. The minimum Gasteiger partial charge on any atom is -0.489 e. The van der Waals surface area contributed by atoms with Crippen molar-refractivity contribution in [2.75, 3.05) is 30.9 Å². The number of piperidine rings is 1. The van der Waals surface area contributed by atoms with Gasteiger partial charge in [-0.15, -0.1) is 0 Å². The summed E-state index contributed by atoms with van der Waals surface area (Å²) in [7, 11) is 1.23. The van der Waals surface area contributed by atoms with Crippen molar-refractivity contribution < 1.29 is 27.4 Å². The van der Waals surface area contributed by atoms with E-state index in [0.717, 1.165) is 19.0 Å². The zero-order chi connectivity index (χ0) is 25.5. The number of hydrogen-bond donors (Lipinski definition) is 4. The summed E-state index contributed by atoms with van der Waals surface area (Å²) in [5, 5.41) is 9.74. The monoisotopic (exact) mass is 504 g/mol. The van der Waals surface area contributed by atoms with Crippen LogP contribution < -0.4 is 20.7 Å². The van der Waals surface area contributed by atoms with Crippen LogP contribution in [-0.2, 0) is 10.9 Å². The molecule has 1 atom stereocenters. The standard InChI is InChI=1S/C24H27F3N6O3/c1-3-36-20-17(32-22(34)35-2)5-4-14-15(11-28-19(14)20)18-16(24(25,26)27)12-29-21(33-18)31-13-6-7-23(8-9-23)30-10-13/h4-5,11-13,28,30H,3,6-10H2,1-2H3,(H,32,34)(H,29,31,33)/t13-/m0/s1. The molecule has 2 aromatic heterocycles. The molecule has 5 rings (SSSR count). The Morgan fingerprint density at radius 1 is 1.28 bits per heavy atom. The van der Waals surface area contributed by atoms with Crippen molar-refractivity contribution >= 4 is 28.6 Å². The van der Waals surface area contributed by atoms with E-state index < -0.39 is 17.8 Å². The molecule has 3 aromatic rings. The largest absolute Gasteiger partial charge is 0.489 e. The first-order valence-corrected chi connectivity index (χ1v) is 11.8. The molecular weight excluding hydrogens is 477 g/mol. The van der Waals surface area contributed by atoms with Crippen molar-refractivity contribution in [1.82, 2.24) is 20.3 Å². The van der Waals surface area contributed by atoms with E-state index in [4.69, 9.17) is 4.74 Å². The summed E-state index contributed by atoms with van der Waals surface area (Å²) >= 11 is 0. The lowest BCUT2D eigenvalue weighted by molar-refractivity contribution is -0.137. The van der Waals surface area contributed by atoms with Gasteiger partial charge in [-0.2, -0.15) is 13.2 Å². The van der Waals surface area contributed by atoms with Gasteiger partial charge in [-0.1, -0.05) is 0 Å². The quantitative estimate of drug-likeness (QED) is 0.377. The Morgan fingerprint density at radius 3 is 2.72 bits per heavy atom. The first kappa shape index (κ1) is 24.2. The molecule has 1 saturated carbocycles. The summed E-state index contributed by atoms with van der Waals surface area (Å²) in [6, 6.07) is 3.18. The van der Waals surface area contributed by atoms with Crippen LogP contribution >= 0.6 is 0 Å². The van der Waals surface area contributed by atoms with Crippen LogP contribution in [0.2, 0.25) is 0 Å². The van der Waals surface area contributed by atoms with Crippen molar-refractivity contribution in [1.29, 1.82) is 0 Å². The van der Waals surface area contributed by atoms with Gasteiger partial charge in [-0.3, -0.25) is 5.32 Å². The van der Waals surface area contributed by atoms with Crippen LogP contribution in [0.1, 0.15) is 38.2 Å². The number of hydrogen-bond acceptors (Lipinski definition) is 7. The van der Waals surface area contributed by atoms with Crippen LogP contribution in [0.15, 0.2) is 24.5 Å². The Bertz CT molecular complexity index is 1280. The number of nitrogens with zero attached hydrogens (tertiary/aromatic N) is 2. The van der Waals surface area contributed by atoms with Gasteiger partial charge in [0.1, 0.15) is 5.56 Å². The van der Waals surface area contributed by atoms with Gasteiger partial charge < -0.3 is 25.1 Å². The normalized spacial score (nSPS) is 18.8. The molecule has 2 fully saturated rings. The zero-order valence-corrected chi connectivity index (χ0v) is 19.9. The Hall–Kier alpha value is -3.54. The topological polar surface area (TPSA) is 113 Å². The highest BCUT2D eigenvalue weighted by Crippen LogP contribution is 2.43. The maximum absolute atomic E-state index is 14.0. The molecule has 1 saturated heterocycles. The Balaban J connectivity index is 1.53. The third-order valence-corrected chi connectivity index (χ3v) is 6.75. The Kier molecular flexibility index (Phi) is 6.15. The van der Waals surface area contributed by atoms with E-state index in [1.165, 1.54) is 26.1 Å². The molecule has 1 aromatic carbocycles. The van der Waals surface area contributed by atoms with Crippen molar-refractivity contribution in [3.8, 4) is 17.0 Å². The number of anilines is 2. The predicted molar refractivity (Wildman–Crippen MR) is 128 cm³/mol. The van der Waals surface area contributed by atoms with Gasteiger partial charge in [0.2, 0.25) is 5.95 Å². The third-order valence-electron chi connectivity index (χ3n) is 6.75. The maximum atomic E-state index is 14.0. The molecule has 9 nitrogen and oxygen atoms in total. The van der Waals surface area contributed by atoms with Crippen molar-refractivity contribution in [2.45, 2.75) is 50.4 Å². The van der Waals surface area contributed by atoms with E-state index in [1.807, 2.05) is 0 Å². The number of halogens is 3. The fourth-order valence-electron chi connectivity index (χ4n) is 4.65. The molecule has 2 aliphatic rings. The number of nitrogens with one attached hydrogen (secondary N) is 4. The Labute approximate surface area is 205 Å². The van der Waals surface area contributed by atoms with Gasteiger partial charge in [0.05, 0.1) is 30.6 Å². The van der Waals surface area contributed by atoms with Crippen LogP contribution in [0, 0.1) is 0 Å². The lowest BCUT2D eigenvalue weighted by atomic mass is 9.99. The number of H-pyrrole nitrogens is 1. The van der Waals surface area contributed by atoms with E-state index in [1.54, 1.807) is 19.1 Å². The fourth-order valence-corrected chi connectivity index (χ4v) is 4.65.